The first-order chi connectivity index (χ1) is 12.6. The van der Waals surface area contributed by atoms with Crippen LogP contribution in [0.2, 0.25) is 10.0 Å². The van der Waals surface area contributed by atoms with Gasteiger partial charge in [-0.25, -0.2) is 0 Å². The molecule has 0 saturated carbocycles. The summed E-state index contributed by atoms with van der Waals surface area (Å²) in [5.74, 6) is -0.450. The van der Waals surface area contributed by atoms with Crippen molar-refractivity contribution < 1.29 is 9.59 Å². The molecule has 6 heteroatoms. The van der Waals surface area contributed by atoms with Crippen molar-refractivity contribution in [3.63, 3.8) is 0 Å². The summed E-state index contributed by atoms with van der Waals surface area (Å²) in [6.07, 6.45) is 4.32. The van der Waals surface area contributed by atoms with Crippen molar-refractivity contribution in [1.29, 1.82) is 0 Å². The van der Waals surface area contributed by atoms with Crippen LogP contribution in [0, 0.1) is 0 Å². The lowest BCUT2D eigenvalue weighted by Gasteiger charge is -2.22. The smallest absolute Gasteiger partial charge is 0.257 e. The van der Waals surface area contributed by atoms with E-state index in [4.69, 9.17) is 23.2 Å². The third-order valence-corrected chi connectivity index (χ3v) is 5.04. The Kier molecular flexibility index (Phi) is 6.17. The number of nitrogens with zero attached hydrogens (tertiary/aromatic N) is 1. The van der Waals surface area contributed by atoms with Crippen LogP contribution < -0.4 is 5.32 Å². The fourth-order valence-electron chi connectivity index (χ4n) is 3.08. The van der Waals surface area contributed by atoms with Gasteiger partial charge in [0.2, 0.25) is 0 Å². The summed E-state index contributed by atoms with van der Waals surface area (Å²) in [4.78, 5) is 27.4. The Bertz CT molecular complexity index is 815. The lowest BCUT2D eigenvalue weighted by atomic mass is 10.1. The Morgan fingerprint density at radius 2 is 1.58 bits per heavy atom. The van der Waals surface area contributed by atoms with Crippen LogP contribution in [0.5, 0.6) is 0 Å². The molecule has 3 rings (SSSR count). The molecule has 1 saturated heterocycles. The summed E-state index contributed by atoms with van der Waals surface area (Å²) in [6, 6.07) is 11.8. The van der Waals surface area contributed by atoms with Crippen LogP contribution in [0.25, 0.3) is 0 Å². The maximum absolute atomic E-state index is 12.9. The molecule has 1 fully saturated rings. The van der Waals surface area contributed by atoms with Gasteiger partial charge in [-0.1, -0.05) is 48.2 Å². The van der Waals surface area contributed by atoms with E-state index in [1.165, 1.54) is 6.07 Å². The number of carbonyl (C=O) groups is 2. The second-order valence-electron chi connectivity index (χ2n) is 6.33. The molecule has 1 heterocycles. The van der Waals surface area contributed by atoms with Crippen molar-refractivity contribution in [3.8, 4) is 0 Å². The van der Waals surface area contributed by atoms with Crippen LogP contribution in [-0.4, -0.2) is 29.8 Å². The predicted octanol–water partition coefficient (Wildman–Crippen LogP) is 5.26. The van der Waals surface area contributed by atoms with E-state index in [0.29, 0.717) is 21.3 Å². The average molecular weight is 391 g/mol. The van der Waals surface area contributed by atoms with Gasteiger partial charge in [0.25, 0.3) is 11.8 Å². The highest BCUT2D eigenvalue weighted by Crippen LogP contribution is 2.24. The number of anilines is 1. The van der Waals surface area contributed by atoms with Crippen LogP contribution in [0.3, 0.4) is 0 Å². The lowest BCUT2D eigenvalue weighted by Crippen LogP contribution is -2.32. The Balaban J connectivity index is 1.83. The summed E-state index contributed by atoms with van der Waals surface area (Å²) >= 11 is 12.1. The summed E-state index contributed by atoms with van der Waals surface area (Å²) < 4.78 is 0. The van der Waals surface area contributed by atoms with Gasteiger partial charge in [0, 0.05) is 18.1 Å². The SMILES string of the molecule is O=C(Nc1ccccc1C(=O)N1CCCCCC1)c1cc(Cl)ccc1Cl. The Morgan fingerprint density at radius 3 is 2.31 bits per heavy atom. The highest BCUT2D eigenvalue weighted by Gasteiger charge is 2.21. The highest BCUT2D eigenvalue weighted by atomic mass is 35.5. The van der Waals surface area contributed by atoms with Crippen LogP contribution in [0.15, 0.2) is 42.5 Å². The molecule has 0 radical (unpaired) electrons. The number of hydrogen-bond acceptors (Lipinski definition) is 2. The first-order valence-corrected chi connectivity index (χ1v) is 9.46. The predicted molar refractivity (Wildman–Crippen MR) is 105 cm³/mol. The van der Waals surface area contributed by atoms with Gasteiger partial charge in [-0.15, -0.1) is 0 Å². The molecule has 2 aromatic carbocycles. The lowest BCUT2D eigenvalue weighted by molar-refractivity contribution is 0.0762. The number of rotatable bonds is 3. The first kappa shape index (κ1) is 18.7. The molecule has 0 atom stereocenters. The van der Waals surface area contributed by atoms with E-state index in [2.05, 4.69) is 5.32 Å². The van der Waals surface area contributed by atoms with Crippen LogP contribution in [0.1, 0.15) is 46.4 Å². The molecule has 0 aromatic heterocycles. The van der Waals surface area contributed by atoms with Gasteiger partial charge in [0.05, 0.1) is 21.8 Å². The molecule has 1 aliphatic heterocycles. The third kappa shape index (κ3) is 4.37. The van der Waals surface area contributed by atoms with Crippen LogP contribution in [-0.2, 0) is 0 Å². The third-order valence-electron chi connectivity index (χ3n) is 4.47. The quantitative estimate of drug-likeness (QED) is 0.776. The second-order valence-corrected chi connectivity index (χ2v) is 7.17. The van der Waals surface area contributed by atoms with Gasteiger partial charge in [-0.2, -0.15) is 0 Å². The number of hydrogen-bond donors (Lipinski definition) is 1. The van der Waals surface area contributed by atoms with Gasteiger partial charge in [-0.05, 0) is 43.2 Å². The fourth-order valence-corrected chi connectivity index (χ4v) is 3.46. The summed E-state index contributed by atoms with van der Waals surface area (Å²) in [5, 5.41) is 3.53. The maximum atomic E-state index is 12.9. The van der Waals surface area contributed by atoms with Crippen LogP contribution in [0.4, 0.5) is 5.69 Å². The molecule has 26 heavy (non-hydrogen) atoms. The van der Waals surface area contributed by atoms with Gasteiger partial charge >= 0.3 is 0 Å². The van der Waals surface area contributed by atoms with Crippen molar-refractivity contribution in [2.24, 2.45) is 0 Å². The largest absolute Gasteiger partial charge is 0.339 e. The number of nitrogens with one attached hydrogen (secondary N) is 1. The van der Waals surface area contributed by atoms with Crippen molar-refractivity contribution in [1.82, 2.24) is 4.90 Å². The molecular weight excluding hydrogens is 371 g/mol. The Morgan fingerprint density at radius 1 is 0.885 bits per heavy atom. The number of benzene rings is 2. The Hall–Kier alpha value is -2.04. The zero-order valence-corrected chi connectivity index (χ0v) is 15.8. The normalized spacial score (nSPS) is 14.6. The van der Waals surface area contributed by atoms with Gasteiger partial charge in [0.15, 0.2) is 0 Å². The second kappa shape index (κ2) is 8.56. The number of likely N-dealkylation sites (tertiary alicyclic amines) is 1. The molecular formula is C20H20Cl2N2O2. The summed E-state index contributed by atoms with van der Waals surface area (Å²) in [6.45, 7) is 1.50. The molecule has 2 amide bonds. The molecule has 136 valence electrons. The number of halogens is 2. The van der Waals surface area contributed by atoms with Crippen molar-refractivity contribution in [2.45, 2.75) is 25.7 Å². The number of carbonyl (C=O) groups excluding carboxylic acids is 2. The summed E-state index contributed by atoms with van der Waals surface area (Å²) in [7, 11) is 0. The van der Waals surface area contributed by atoms with Crippen LogP contribution >= 0.6 is 23.2 Å². The molecule has 0 unspecified atom stereocenters. The molecule has 1 N–H and O–H groups in total. The van der Waals surface area contributed by atoms with E-state index in [1.807, 2.05) is 4.90 Å². The standard InChI is InChI=1S/C20H20Cl2N2O2/c21-14-9-10-17(22)16(13-14)19(25)23-18-8-4-3-7-15(18)20(26)24-11-5-1-2-6-12-24/h3-4,7-10,13H,1-2,5-6,11-12H2,(H,23,25). The van der Waals surface area contributed by atoms with Gasteiger partial charge < -0.3 is 10.2 Å². The molecule has 0 spiro atoms. The van der Waals surface area contributed by atoms with Crippen molar-refractivity contribution >= 4 is 40.7 Å². The molecule has 2 aromatic rings. The highest BCUT2D eigenvalue weighted by molar-refractivity contribution is 6.36. The van der Waals surface area contributed by atoms with E-state index in [1.54, 1.807) is 36.4 Å². The monoisotopic (exact) mass is 390 g/mol. The minimum atomic E-state index is -0.395. The molecule has 4 nitrogen and oxygen atoms in total. The average Bonchev–Trinajstić information content (AvgIpc) is 2.93. The maximum Gasteiger partial charge on any atom is 0.257 e. The Labute approximate surface area is 163 Å². The van der Waals surface area contributed by atoms with E-state index in [9.17, 15) is 9.59 Å². The van der Waals surface area contributed by atoms with E-state index >= 15 is 0 Å². The zero-order valence-electron chi connectivity index (χ0n) is 14.3. The molecule has 1 aliphatic rings. The van der Waals surface area contributed by atoms with Gasteiger partial charge in [0.1, 0.15) is 0 Å². The minimum absolute atomic E-state index is 0.0556. The zero-order chi connectivity index (χ0) is 18.5. The minimum Gasteiger partial charge on any atom is -0.339 e. The molecule has 0 bridgehead atoms. The number of amides is 2. The first-order valence-electron chi connectivity index (χ1n) is 8.71. The molecule has 0 aliphatic carbocycles. The van der Waals surface area contributed by atoms with E-state index in [-0.39, 0.29) is 11.5 Å². The van der Waals surface area contributed by atoms with Crippen molar-refractivity contribution in [2.75, 3.05) is 18.4 Å². The van der Waals surface area contributed by atoms with E-state index in [0.717, 1.165) is 38.8 Å². The van der Waals surface area contributed by atoms with E-state index < -0.39 is 5.91 Å². The fraction of sp³-hybridized carbons (Fsp3) is 0.300. The topological polar surface area (TPSA) is 49.4 Å². The summed E-state index contributed by atoms with van der Waals surface area (Å²) in [5.41, 5.74) is 1.24. The van der Waals surface area contributed by atoms with Crippen molar-refractivity contribution in [3.05, 3.63) is 63.6 Å². The van der Waals surface area contributed by atoms with Gasteiger partial charge in [-0.3, -0.25) is 9.59 Å². The number of para-hydroxylation sites is 1.